The van der Waals surface area contributed by atoms with Crippen molar-refractivity contribution in [3.63, 3.8) is 0 Å². The lowest BCUT2D eigenvalue weighted by Crippen LogP contribution is -2.36. The summed E-state index contributed by atoms with van der Waals surface area (Å²) in [6.45, 7) is 6.22. The van der Waals surface area contributed by atoms with Gasteiger partial charge in [0.25, 0.3) is 0 Å². The molecular formula is C11H20N2O2. The molecule has 0 bridgehead atoms. The van der Waals surface area contributed by atoms with Crippen LogP contribution in [0.15, 0.2) is 0 Å². The van der Waals surface area contributed by atoms with Gasteiger partial charge in [0, 0.05) is 19.0 Å². The first-order chi connectivity index (χ1) is 6.88. The van der Waals surface area contributed by atoms with Crippen LogP contribution in [-0.2, 0) is 9.59 Å². The third-order valence-electron chi connectivity index (χ3n) is 3.00. The van der Waals surface area contributed by atoms with Crippen LogP contribution < -0.4 is 5.32 Å². The lowest BCUT2D eigenvalue weighted by atomic mass is 9.92. The van der Waals surface area contributed by atoms with Crippen molar-refractivity contribution in [3.05, 3.63) is 0 Å². The van der Waals surface area contributed by atoms with Crippen LogP contribution in [0.4, 0.5) is 0 Å². The van der Waals surface area contributed by atoms with Gasteiger partial charge in [0.1, 0.15) is 0 Å². The molecule has 0 radical (unpaired) electrons. The Morgan fingerprint density at radius 2 is 2.07 bits per heavy atom. The third-order valence-corrected chi connectivity index (χ3v) is 3.00. The molecule has 0 aromatic rings. The van der Waals surface area contributed by atoms with Crippen molar-refractivity contribution in [1.82, 2.24) is 10.2 Å². The van der Waals surface area contributed by atoms with Crippen molar-refractivity contribution < 1.29 is 9.59 Å². The molecule has 1 aliphatic rings. The summed E-state index contributed by atoms with van der Waals surface area (Å²) in [6, 6.07) is 0.328. The second-order valence-electron chi connectivity index (χ2n) is 4.89. The molecule has 1 heterocycles. The maximum atomic E-state index is 11.8. The summed E-state index contributed by atoms with van der Waals surface area (Å²) in [4.78, 5) is 24.8. The van der Waals surface area contributed by atoms with Crippen LogP contribution in [0.2, 0.25) is 0 Å². The summed E-state index contributed by atoms with van der Waals surface area (Å²) >= 11 is 0. The molecule has 15 heavy (non-hydrogen) atoms. The molecule has 0 spiro atoms. The molecule has 2 amide bonds. The molecule has 86 valence electrons. The number of rotatable bonds is 4. The van der Waals surface area contributed by atoms with E-state index < -0.39 is 5.41 Å². The SMILES string of the molecule is CNC(C)CCN1C(=O)CC(C)(C)C1=O. The van der Waals surface area contributed by atoms with E-state index in [0.29, 0.717) is 19.0 Å². The molecule has 1 rings (SSSR count). The number of likely N-dealkylation sites (tertiary alicyclic amines) is 1. The van der Waals surface area contributed by atoms with Gasteiger partial charge in [-0.25, -0.2) is 0 Å². The fourth-order valence-electron chi connectivity index (χ4n) is 1.72. The molecule has 0 aromatic heterocycles. The van der Waals surface area contributed by atoms with E-state index in [1.165, 1.54) is 4.90 Å². The minimum Gasteiger partial charge on any atom is -0.317 e. The number of imide groups is 1. The zero-order chi connectivity index (χ0) is 11.6. The van der Waals surface area contributed by atoms with Crippen LogP contribution in [0.1, 0.15) is 33.6 Å². The minimum atomic E-state index is -0.500. The van der Waals surface area contributed by atoms with Crippen LogP contribution >= 0.6 is 0 Å². The smallest absolute Gasteiger partial charge is 0.235 e. The van der Waals surface area contributed by atoms with Crippen LogP contribution in [0.25, 0.3) is 0 Å². The van der Waals surface area contributed by atoms with Crippen LogP contribution in [0, 0.1) is 5.41 Å². The van der Waals surface area contributed by atoms with Crippen LogP contribution in [0.3, 0.4) is 0 Å². The summed E-state index contributed by atoms with van der Waals surface area (Å²) in [5, 5.41) is 3.09. The van der Waals surface area contributed by atoms with Crippen molar-refractivity contribution >= 4 is 11.8 Å². The largest absolute Gasteiger partial charge is 0.317 e. The Morgan fingerprint density at radius 1 is 1.47 bits per heavy atom. The van der Waals surface area contributed by atoms with E-state index in [-0.39, 0.29) is 11.8 Å². The number of nitrogens with zero attached hydrogens (tertiary/aromatic N) is 1. The molecule has 1 fully saturated rings. The zero-order valence-electron chi connectivity index (χ0n) is 9.96. The number of carbonyl (C=O) groups excluding carboxylic acids is 2. The predicted molar refractivity (Wildman–Crippen MR) is 58.3 cm³/mol. The van der Waals surface area contributed by atoms with Gasteiger partial charge in [-0.2, -0.15) is 0 Å². The molecule has 0 aromatic carbocycles. The summed E-state index contributed by atoms with van der Waals surface area (Å²) in [6.07, 6.45) is 1.16. The minimum absolute atomic E-state index is 0.0317. The lowest BCUT2D eigenvalue weighted by Gasteiger charge is -2.19. The Bertz CT molecular complexity index is 274. The maximum absolute atomic E-state index is 11.8. The van der Waals surface area contributed by atoms with Gasteiger partial charge >= 0.3 is 0 Å². The first-order valence-corrected chi connectivity index (χ1v) is 5.40. The molecule has 4 nitrogen and oxygen atoms in total. The molecule has 1 atom stereocenters. The van der Waals surface area contributed by atoms with Crippen molar-refractivity contribution in [2.75, 3.05) is 13.6 Å². The van der Waals surface area contributed by atoms with Crippen molar-refractivity contribution in [2.24, 2.45) is 5.41 Å². The molecule has 0 saturated carbocycles. The fourth-order valence-corrected chi connectivity index (χ4v) is 1.72. The average molecular weight is 212 g/mol. The number of hydrogen-bond acceptors (Lipinski definition) is 3. The lowest BCUT2D eigenvalue weighted by molar-refractivity contribution is -0.140. The normalized spacial score (nSPS) is 22.3. The van der Waals surface area contributed by atoms with Crippen molar-refractivity contribution in [1.29, 1.82) is 0 Å². The highest BCUT2D eigenvalue weighted by Gasteiger charge is 2.44. The maximum Gasteiger partial charge on any atom is 0.235 e. The van der Waals surface area contributed by atoms with E-state index in [0.717, 1.165) is 6.42 Å². The quantitative estimate of drug-likeness (QED) is 0.700. The Morgan fingerprint density at radius 3 is 2.47 bits per heavy atom. The Hall–Kier alpha value is -0.900. The fraction of sp³-hybridized carbons (Fsp3) is 0.818. The second-order valence-corrected chi connectivity index (χ2v) is 4.89. The van der Waals surface area contributed by atoms with Crippen LogP contribution in [-0.4, -0.2) is 36.3 Å². The first kappa shape index (κ1) is 12.2. The highest BCUT2D eigenvalue weighted by molar-refractivity contribution is 6.05. The van der Waals surface area contributed by atoms with Gasteiger partial charge in [0.2, 0.25) is 11.8 Å². The second kappa shape index (κ2) is 4.31. The third kappa shape index (κ3) is 2.56. The molecule has 1 saturated heterocycles. The van der Waals surface area contributed by atoms with Gasteiger partial charge in [-0.3, -0.25) is 14.5 Å². The van der Waals surface area contributed by atoms with Crippen molar-refractivity contribution in [3.8, 4) is 0 Å². The standard InChI is InChI=1S/C11H20N2O2/c1-8(12-4)5-6-13-9(14)7-11(2,3)10(13)15/h8,12H,5-7H2,1-4H3. The van der Waals surface area contributed by atoms with Gasteiger partial charge in [0.15, 0.2) is 0 Å². The molecule has 0 aliphatic carbocycles. The molecule has 1 N–H and O–H groups in total. The molecule has 1 unspecified atom stereocenters. The highest BCUT2D eigenvalue weighted by atomic mass is 16.2. The molecule has 4 heteroatoms. The van der Waals surface area contributed by atoms with Gasteiger partial charge < -0.3 is 5.32 Å². The summed E-state index contributed by atoms with van der Waals surface area (Å²) in [5.74, 6) is -0.0656. The van der Waals surface area contributed by atoms with Gasteiger partial charge in [-0.1, -0.05) is 13.8 Å². The Labute approximate surface area is 91.0 Å². The highest BCUT2D eigenvalue weighted by Crippen LogP contribution is 2.31. The molecular weight excluding hydrogens is 192 g/mol. The predicted octanol–water partition coefficient (Wildman–Crippen LogP) is 0.769. The van der Waals surface area contributed by atoms with Gasteiger partial charge in [-0.05, 0) is 20.4 Å². The van der Waals surface area contributed by atoms with Crippen molar-refractivity contribution in [2.45, 2.75) is 39.7 Å². The van der Waals surface area contributed by atoms with Crippen LogP contribution in [0.5, 0.6) is 0 Å². The van der Waals surface area contributed by atoms with E-state index in [1.807, 2.05) is 27.8 Å². The van der Waals surface area contributed by atoms with Gasteiger partial charge in [-0.15, -0.1) is 0 Å². The zero-order valence-corrected chi connectivity index (χ0v) is 9.96. The van der Waals surface area contributed by atoms with E-state index >= 15 is 0 Å². The topological polar surface area (TPSA) is 49.4 Å². The van der Waals surface area contributed by atoms with E-state index in [2.05, 4.69) is 5.32 Å². The number of amides is 2. The van der Waals surface area contributed by atoms with Gasteiger partial charge in [0.05, 0.1) is 5.41 Å². The Kier molecular flexibility index (Phi) is 3.50. The Balaban J connectivity index is 2.56. The number of nitrogens with one attached hydrogen (secondary N) is 1. The summed E-state index contributed by atoms with van der Waals surface area (Å²) < 4.78 is 0. The van der Waals surface area contributed by atoms with E-state index in [9.17, 15) is 9.59 Å². The monoisotopic (exact) mass is 212 g/mol. The molecule has 1 aliphatic heterocycles. The summed E-state index contributed by atoms with van der Waals surface area (Å²) in [7, 11) is 1.88. The van der Waals surface area contributed by atoms with E-state index in [1.54, 1.807) is 0 Å². The average Bonchev–Trinajstić information content (AvgIpc) is 2.34. The number of carbonyl (C=O) groups is 2. The first-order valence-electron chi connectivity index (χ1n) is 5.40. The number of hydrogen-bond donors (Lipinski definition) is 1. The van der Waals surface area contributed by atoms with E-state index in [4.69, 9.17) is 0 Å². The summed E-state index contributed by atoms with van der Waals surface area (Å²) in [5.41, 5.74) is -0.500.